The van der Waals surface area contributed by atoms with Crippen LogP contribution in [0.15, 0.2) is 36.7 Å². The molecular formula is C17H20N8S. The van der Waals surface area contributed by atoms with Gasteiger partial charge < -0.3 is 25.8 Å². The first-order valence-electron chi connectivity index (χ1n) is 8.49. The average Bonchev–Trinajstić information content (AvgIpc) is 3.15. The normalized spacial score (nSPS) is 14.6. The molecule has 1 fully saturated rings. The smallest absolute Gasteiger partial charge is 0.224 e. The van der Waals surface area contributed by atoms with Gasteiger partial charge in [0.15, 0.2) is 16.6 Å². The molecule has 1 saturated heterocycles. The summed E-state index contributed by atoms with van der Waals surface area (Å²) in [7, 11) is 0. The van der Waals surface area contributed by atoms with Gasteiger partial charge in [0.25, 0.3) is 0 Å². The fraction of sp³-hybridized carbons (Fsp3) is 0.294. The molecule has 0 radical (unpaired) electrons. The lowest BCUT2D eigenvalue weighted by atomic mass is 10.2. The molecule has 3 heterocycles. The van der Waals surface area contributed by atoms with Gasteiger partial charge >= 0.3 is 0 Å². The van der Waals surface area contributed by atoms with Crippen LogP contribution in [0.3, 0.4) is 0 Å². The Morgan fingerprint density at radius 3 is 2.69 bits per heavy atom. The summed E-state index contributed by atoms with van der Waals surface area (Å²) in [5, 5.41) is 4.11. The molecule has 9 heteroatoms. The zero-order valence-electron chi connectivity index (χ0n) is 14.2. The van der Waals surface area contributed by atoms with Gasteiger partial charge in [0.1, 0.15) is 5.52 Å². The van der Waals surface area contributed by atoms with Crippen LogP contribution in [0, 0.1) is 0 Å². The molecule has 0 bridgehead atoms. The zero-order chi connectivity index (χ0) is 17.9. The molecule has 0 atom stereocenters. The number of fused-ring (bicyclic) bond motifs is 1. The third-order valence-corrected chi connectivity index (χ3v) is 4.84. The second kappa shape index (κ2) is 7.12. The predicted molar refractivity (Wildman–Crippen MR) is 106 cm³/mol. The maximum absolute atomic E-state index is 5.82. The van der Waals surface area contributed by atoms with Crippen molar-refractivity contribution in [2.24, 2.45) is 0 Å². The van der Waals surface area contributed by atoms with Crippen LogP contribution < -0.4 is 16.0 Å². The fourth-order valence-corrected chi connectivity index (χ4v) is 3.32. The molecule has 2 aromatic heterocycles. The number of nitrogens with zero attached hydrogens (tertiary/aromatic N) is 5. The molecule has 4 N–H and O–H groups in total. The summed E-state index contributed by atoms with van der Waals surface area (Å²) in [6, 6.07) is 10.2. The largest absolute Gasteiger partial charge is 0.368 e. The summed E-state index contributed by atoms with van der Waals surface area (Å²) < 4.78 is 0. The Morgan fingerprint density at radius 1 is 1.15 bits per heavy atom. The number of thiocarbonyl (C=S) groups is 1. The Hall–Kier alpha value is -2.94. The Morgan fingerprint density at radius 2 is 1.92 bits per heavy atom. The van der Waals surface area contributed by atoms with E-state index < -0.39 is 0 Å². The van der Waals surface area contributed by atoms with Crippen molar-refractivity contribution in [3.63, 3.8) is 0 Å². The van der Waals surface area contributed by atoms with Crippen molar-refractivity contribution in [3.05, 3.63) is 42.2 Å². The van der Waals surface area contributed by atoms with Crippen molar-refractivity contribution in [2.45, 2.75) is 6.54 Å². The van der Waals surface area contributed by atoms with E-state index in [2.05, 4.69) is 47.2 Å². The minimum absolute atomic E-state index is 0.238. The number of nitrogens with one attached hydrogen (secondary N) is 2. The van der Waals surface area contributed by atoms with Gasteiger partial charge in [-0.3, -0.25) is 0 Å². The van der Waals surface area contributed by atoms with Crippen LogP contribution in [0.25, 0.3) is 11.2 Å². The molecular weight excluding hydrogens is 348 g/mol. The second-order valence-corrected chi connectivity index (χ2v) is 6.51. The molecule has 1 aliphatic heterocycles. The molecule has 0 unspecified atom stereocenters. The first-order chi connectivity index (χ1) is 12.7. The van der Waals surface area contributed by atoms with E-state index >= 15 is 0 Å². The fourth-order valence-electron chi connectivity index (χ4n) is 3.07. The van der Waals surface area contributed by atoms with Gasteiger partial charge in [-0.15, -0.1) is 0 Å². The highest BCUT2D eigenvalue weighted by molar-refractivity contribution is 7.80. The standard InChI is InChI=1S/C17H20N8S/c18-16-22-14-13(20-11-21-14)15(23-16)24-6-8-25(9-7-24)17(26)19-10-12-4-2-1-3-5-12/h1-5,11H,6-10H2,(H,19,26)(H3,18,20,21,22,23). The van der Waals surface area contributed by atoms with E-state index in [4.69, 9.17) is 18.0 Å². The van der Waals surface area contributed by atoms with E-state index in [0.29, 0.717) is 5.65 Å². The van der Waals surface area contributed by atoms with E-state index in [1.165, 1.54) is 5.56 Å². The summed E-state index contributed by atoms with van der Waals surface area (Å²) >= 11 is 5.55. The lowest BCUT2D eigenvalue weighted by Crippen LogP contribution is -2.51. The molecule has 0 aliphatic carbocycles. The number of nitrogen functional groups attached to an aromatic ring is 1. The number of nitrogens with two attached hydrogens (primary N) is 1. The number of benzene rings is 1. The monoisotopic (exact) mass is 368 g/mol. The number of H-pyrrole nitrogens is 1. The lowest BCUT2D eigenvalue weighted by molar-refractivity contribution is 0.379. The Balaban J connectivity index is 1.37. The van der Waals surface area contributed by atoms with Crippen LogP contribution in [-0.4, -0.2) is 56.1 Å². The Kier molecular flexibility index (Phi) is 4.53. The van der Waals surface area contributed by atoms with Crippen molar-refractivity contribution < 1.29 is 0 Å². The summed E-state index contributed by atoms with van der Waals surface area (Å²) in [4.78, 5) is 20.2. The van der Waals surface area contributed by atoms with E-state index in [1.54, 1.807) is 6.33 Å². The number of hydrogen-bond donors (Lipinski definition) is 3. The van der Waals surface area contributed by atoms with Crippen molar-refractivity contribution in [3.8, 4) is 0 Å². The van der Waals surface area contributed by atoms with Gasteiger partial charge in [0.05, 0.1) is 6.33 Å². The van der Waals surface area contributed by atoms with E-state index in [0.717, 1.165) is 49.2 Å². The highest BCUT2D eigenvalue weighted by Gasteiger charge is 2.22. The molecule has 0 saturated carbocycles. The minimum Gasteiger partial charge on any atom is -0.368 e. The van der Waals surface area contributed by atoms with Crippen LogP contribution in [0.5, 0.6) is 0 Å². The number of aromatic amines is 1. The van der Waals surface area contributed by atoms with Gasteiger partial charge in [-0.25, -0.2) is 4.98 Å². The second-order valence-electron chi connectivity index (χ2n) is 6.12. The molecule has 134 valence electrons. The molecule has 1 aromatic carbocycles. The Labute approximate surface area is 156 Å². The van der Waals surface area contributed by atoms with Crippen molar-refractivity contribution >= 4 is 40.3 Å². The van der Waals surface area contributed by atoms with Crippen LogP contribution in [-0.2, 0) is 6.54 Å². The molecule has 1 aliphatic rings. The van der Waals surface area contributed by atoms with Gasteiger partial charge in [-0.1, -0.05) is 30.3 Å². The zero-order valence-corrected chi connectivity index (χ0v) is 15.0. The number of rotatable bonds is 3. The molecule has 0 amide bonds. The highest BCUT2D eigenvalue weighted by atomic mass is 32.1. The minimum atomic E-state index is 0.238. The maximum Gasteiger partial charge on any atom is 0.224 e. The van der Waals surface area contributed by atoms with E-state index in [1.807, 2.05) is 18.2 Å². The number of hydrogen-bond acceptors (Lipinski definition) is 6. The van der Waals surface area contributed by atoms with Crippen LogP contribution in [0.2, 0.25) is 0 Å². The average molecular weight is 368 g/mol. The first kappa shape index (κ1) is 16.5. The van der Waals surface area contributed by atoms with Crippen LogP contribution in [0.4, 0.5) is 11.8 Å². The molecule has 8 nitrogen and oxygen atoms in total. The van der Waals surface area contributed by atoms with Gasteiger partial charge in [0.2, 0.25) is 5.95 Å². The van der Waals surface area contributed by atoms with Crippen molar-refractivity contribution in [2.75, 3.05) is 36.8 Å². The quantitative estimate of drug-likeness (QED) is 0.592. The third-order valence-electron chi connectivity index (χ3n) is 4.44. The van der Waals surface area contributed by atoms with Crippen LogP contribution in [0.1, 0.15) is 5.56 Å². The number of piperazine rings is 1. The summed E-state index contributed by atoms with van der Waals surface area (Å²) in [5.74, 6) is 1.04. The predicted octanol–water partition coefficient (Wildman–Crippen LogP) is 1.13. The number of imidazole rings is 1. The van der Waals surface area contributed by atoms with Crippen LogP contribution >= 0.6 is 12.2 Å². The maximum atomic E-state index is 5.82. The topological polar surface area (TPSA) is 99.0 Å². The molecule has 4 rings (SSSR count). The van der Waals surface area contributed by atoms with Gasteiger partial charge in [-0.05, 0) is 17.8 Å². The Bertz CT molecular complexity index is 902. The highest BCUT2D eigenvalue weighted by Crippen LogP contribution is 2.22. The lowest BCUT2D eigenvalue weighted by Gasteiger charge is -2.36. The molecule has 3 aromatic rings. The summed E-state index contributed by atoms with van der Waals surface area (Å²) in [6.45, 7) is 3.98. The van der Waals surface area contributed by atoms with Crippen molar-refractivity contribution in [1.29, 1.82) is 0 Å². The van der Waals surface area contributed by atoms with E-state index in [9.17, 15) is 0 Å². The van der Waals surface area contributed by atoms with Crippen molar-refractivity contribution in [1.82, 2.24) is 30.2 Å². The number of aromatic nitrogens is 4. The first-order valence-corrected chi connectivity index (χ1v) is 8.90. The molecule has 26 heavy (non-hydrogen) atoms. The summed E-state index contributed by atoms with van der Waals surface area (Å²) in [5.41, 5.74) is 8.44. The molecule has 0 spiro atoms. The van der Waals surface area contributed by atoms with E-state index in [-0.39, 0.29) is 5.95 Å². The summed E-state index contributed by atoms with van der Waals surface area (Å²) in [6.07, 6.45) is 1.61. The third kappa shape index (κ3) is 3.38. The number of anilines is 2. The van der Waals surface area contributed by atoms with Gasteiger partial charge in [-0.2, -0.15) is 9.97 Å². The SMILES string of the molecule is Nc1nc(N2CCN(C(=S)NCc3ccccc3)CC2)c2[nH]cnc2n1. The van der Waals surface area contributed by atoms with Gasteiger partial charge in [0, 0.05) is 32.7 Å².